The van der Waals surface area contributed by atoms with E-state index in [0.717, 1.165) is 100 Å². The van der Waals surface area contributed by atoms with E-state index in [9.17, 15) is 27.8 Å². The second-order valence-corrected chi connectivity index (χ2v) is 22.9. The first-order valence-corrected chi connectivity index (χ1v) is 27.0. The highest BCUT2D eigenvalue weighted by Gasteiger charge is 2.41. The molecular weight excluding hydrogens is 993 g/mol. The number of alkyl halides is 4. The molecule has 6 heterocycles. The monoisotopic (exact) mass is 1060 g/mol. The number of aromatic nitrogens is 10. The van der Waals surface area contributed by atoms with E-state index in [1.54, 1.807) is 37.1 Å². The van der Waals surface area contributed by atoms with Crippen molar-refractivity contribution in [2.24, 2.45) is 25.9 Å². The Morgan fingerprint density at radius 1 is 0.513 bits per heavy atom. The van der Waals surface area contributed by atoms with Crippen molar-refractivity contribution in [2.75, 3.05) is 0 Å². The quantitative estimate of drug-likeness (QED) is 0.129. The predicted octanol–water partition coefficient (Wildman–Crippen LogP) is 13.9. The van der Waals surface area contributed by atoms with Crippen LogP contribution in [0.15, 0.2) is 122 Å². The van der Waals surface area contributed by atoms with Crippen molar-refractivity contribution >= 4 is 43.9 Å². The first-order chi connectivity index (χ1) is 37.1. The topological polar surface area (TPSA) is 138 Å². The summed E-state index contributed by atoms with van der Waals surface area (Å²) in [5.41, 5.74) is 12.2. The highest BCUT2D eigenvalue weighted by atomic mass is 19.3. The van der Waals surface area contributed by atoms with Gasteiger partial charge in [0, 0.05) is 74.1 Å². The molecule has 12 nitrogen and oxygen atoms in total. The van der Waals surface area contributed by atoms with Crippen molar-refractivity contribution < 1.29 is 27.8 Å². The van der Waals surface area contributed by atoms with E-state index in [-0.39, 0.29) is 49.6 Å². The van der Waals surface area contributed by atoms with Crippen molar-refractivity contribution in [3.63, 3.8) is 0 Å². The van der Waals surface area contributed by atoms with Gasteiger partial charge in [0.2, 0.25) is 11.8 Å². The summed E-state index contributed by atoms with van der Waals surface area (Å²) in [6.07, 6.45) is 4.95. The molecule has 0 saturated heterocycles. The molecule has 0 amide bonds. The normalized spacial score (nSPS) is 17.2. The van der Waals surface area contributed by atoms with Gasteiger partial charge in [0.25, 0.3) is 0 Å². The van der Waals surface area contributed by atoms with Crippen LogP contribution in [0.25, 0.3) is 66.4 Å². The van der Waals surface area contributed by atoms with Crippen LogP contribution in [0.1, 0.15) is 125 Å². The van der Waals surface area contributed by atoms with E-state index in [1.807, 2.05) is 113 Å². The second kappa shape index (κ2) is 19.9. The summed E-state index contributed by atoms with van der Waals surface area (Å²) in [6.45, 7) is 10.9. The highest BCUT2D eigenvalue weighted by Crippen LogP contribution is 2.49. The third-order valence-corrected chi connectivity index (χ3v) is 16.5. The molecule has 2 aliphatic carbocycles. The van der Waals surface area contributed by atoms with Gasteiger partial charge in [-0.3, -0.25) is 9.97 Å². The Morgan fingerprint density at radius 2 is 0.872 bits per heavy atom. The highest BCUT2D eigenvalue weighted by molar-refractivity contribution is 6.08. The van der Waals surface area contributed by atoms with Crippen molar-refractivity contribution in [1.29, 1.82) is 0 Å². The van der Waals surface area contributed by atoms with Crippen LogP contribution in [0.4, 0.5) is 17.6 Å². The molecule has 10 aromatic rings. The number of rotatable bonds is 10. The number of hydrogen-bond acceptors (Lipinski definition) is 8. The molecule has 2 aliphatic rings. The Labute approximate surface area is 450 Å². The third-order valence-electron chi connectivity index (χ3n) is 16.5. The van der Waals surface area contributed by atoms with E-state index in [2.05, 4.69) is 66.2 Å². The van der Waals surface area contributed by atoms with Gasteiger partial charge in [-0.25, -0.2) is 26.9 Å². The average molecular weight is 1060 g/mol. The zero-order valence-electron chi connectivity index (χ0n) is 45.4. The molecule has 0 spiro atoms. The molecule has 2 unspecified atom stereocenters. The predicted molar refractivity (Wildman–Crippen MR) is 297 cm³/mol. The molecule has 2 atom stereocenters. The van der Waals surface area contributed by atoms with Gasteiger partial charge in [0.1, 0.15) is 0 Å². The SMILES string of the molecule is Cc1nnn(C)c1-c1cnc2c3ccc(C(C)(C)O)cc3n(C(c3ccccc3)C3CCC(F)(F)CC3)c2c1.Cc1nnn(C)c1-c1cnc2c3ccc(C(C)(C)O)cc3n(C(c3ccccc3)C3CCC(F)(F)CC3)c2c1. The number of pyridine rings is 2. The van der Waals surface area contributed by atoms with Crippen molar-refractivity contribution in [3.8, 4) is 22.5 Å². The van der Waals surface area contributed by atoms with Crippen LogP contribution in [0.3, 0.4) is 0 Å². The minimum atomic E-state index is -2.62. The first-order valence-electron chi connectivity index (χ1n) is 27.0. The smallest absolute Gasteiger partial charge is 0.248 e. The number of aliphatic hydroxyl groups is 2. The number of benzene rings is 4. The van der Waals surface area contributed by atoms with Crippen LogP contribution in [0, 0.1) is 25.7 Å². The van der Waals surface area contributed by atoms with Crippen LogP contribution in [0.2, 0.25) is 0 Å². The number of hydrogen-bond donors (Lipinski definition) is 2. The fraction of sp³-hybridized carbons (Fsp3) is 0.387. The number of halogens is 4. The fourth-order valence-corrected chi connectivity index (χ4v) is 12.5. The summed E-state index contributed by atoms with van der Waals surface area (Å²) >= 11 is 0. The maximum Gasteiger partial charge on any atom is 0.248 e. The lowest BCUT2D eigenvalue weighted by molar-refractivity contribution is -0.0498. The van der Waals surface area contributed by atoms with Crippen LogP contribution in [0.5, 0.6) is 0 Å². The fourth-order valence-electron chi connectivity index (χ4n) is 12.5. The Kier molecular flexibility index (Phi) is 13.4. The number of aryl methyl sites for hydroxylation is 4. The standard InChI is InChI=1S/2C31H33F2N5O/c2*1-19-28(37(4)36-35-19)22-16-26-27(34-18-22)24-11-10-23(30(2,3)39)17-25(24)38(26)29(20-8-6-5-7-9-20)21-12-14-31(32,33)15-13-21/h2*5-11,16-18,21,29,39H,12-15H2,1-4H3. The number of nitrogens with zero attached hydrogens (tertiary/aromatic N) is 10. The van der Waals surface area contributed by atoms with Gasteiger partial charge >= 0.3 is 0 Å². The minimum Gasteiger partial charge on any atom is -0.386 e. The average Bonchev–Trinajstić information content (AvgIpc) is 4.24. The van der Waals surface area contributed by atoms with Crippen LogP contribution in [-0.2, 0) is 25.3 Å². The van der Waals surface area contributed by atoms with Gasteiger partial charge in [0.15, 0.2) is 0 Å². The van der Waals surface area contributed by atoms with Gasteiger partial charge in [0.05, 0.1) is 79.2 Å². The van der Waals surface area contributed by atoms with E-state index in [4.69, 9.17) is 9.97 Å². The zero-order chi connectivity index (χ0) is 55.1. The van der Waals surface area contributed by atoms with Crippen molar-refractivity contribution in [2.45, 2.75) is 128 Å². The summed E-state index contributed by atoms with van der Waals surface area (Å²) < 4.78 is 65.3. The molecule has 2 saturated carbocycles. The van der Waals surface area contributed by atoms with Crippen LogP contribution < -0.4 is 0 Å². The molecule has 2 N–H and O–H groups in total. The van der Waals surface area contributed by atoms with Crippen molar-refractivity contribution in [3.05, 3.63) is 155 Å². The zero-order valence-corrected chi connectivity index (χ0v) is 45.4. The Balaban J connectivity index is 0.000000165. The van der Waals surface area contributed by atoms with Gasteiger partial charge in [-0.1, -0.05) is 95.4 Å². The van der Waals surface area contributed by atoms with E-state index in [1.165, 1.54) is 0 Å². The van der Waals surface area contributed by atoms with E-state index in [0.29, 0.717) is 25.7 Å². The Hall–Kier alpha value is -7.30. The largest absolute Gasteiger partial charge is 0.386 e. The summed E-state index contributed by atoms with van der Waals surface area (Å²) in [5.74, 6) is -5.21. The number of fused-ring (bicyclic) bond motifs is 6. The summed E-state index contributed by atoms with van der Waals surface area (Å²) in [5, 5.41) is 40.5. The lowest BCUT2D eigenvalue weighted by Crippen LogP contribution is -2.30. The molecule has 4 aromatic carbocycles. The lowest BCUT2D eigenvalue weighted by Gasteiger charge is -2.36. The van der Waals surface area contributed by atoms with E-state index < -0.39 is 23.0 Å². The maximum atomic E-state index is 14.3. The second-order valence-electron chi connectivity index (χ2n) is 22.9. The molecule has 0 aliphatic heterocycles. The molecule has 404 valence electrons. The molecule has 6 aromatic heterocycles. The van der Waals surface area contributed by atoms with Gasteiger partial charge in [-0.05, 0) is 126 Å². The summed E-state index contributed by atoms with van der Waals surface area (Å²) in [7, 11) is 3.72. The third kappa shape index (κ3) is 9.86. The molecule has 16 heteroatoms. The molecular formula is C62H66F4N10O2. The Morgan fingerprint density at radius 3 is 1.19 bits per heavy atom. The molecule has 0 bridgehead atoms. The van der Waals surface area contributed by atoms with Gasteiger partial charge in [-0.15, -0.1) is 10.2 Å². The molecule has 78 heavy (non-hydrogen) atoms. The van der Waals surface area contributed by atoms with Crippen molar-refractivity contribution in [1.82, 2.24) is 49.1 Å². The van der Waals surface area contributed by atoms with Gasteiger partial charge in [-0.2, -0.15) is 0 Å². The summed E-state index contributed by atoms with van der Waals surface area (Å²) in [4.78, 5) is 9.86. The molecule has 12 rings (SSSR count). The lowest BCUT2D eigenvalue weighted by atomic mass is 9.79. The van der Waals surface area contributed by atoms with Crippen LogP contribution >= 0.6 is 0 Å². The first kappa shape index (κ1) is 52.7. The van der Waals surface area contributed by atoms with E-state index >= 15 is 0 Å². The molecule has 0 radical (unpaired) electrons. The minimum absolute atomic E-state index is 0.0142. The maximum absolute atomic E-state index is 14.3. The summed E-state index contributed by atoms with van der Waals surface area (Å²) in [6, 6.07) is 36.2. The Bertz CT molecular complexity index is 3520. The molecule has 2 fully saturated rings. The van der Waals surface area contributed by atoms with Crippen LogP contribution in [-0.4, -0.2) is 71.1 Å². The van der Waals surface area contributed by atoms with Gasteiger partial charge < -0.3 is 19.3 Å².